The Morgan fingerprint density at radius 1 is 0.931 bits per heavy atom. The van der Waals surface area contributed by atoms with E-state index in [9.17, 15) is 44.4 Å². The second-order valence-electron chi connectivity index (χ2n) is 17.7. The fraction of sp³-hybridized carbons (Fsp3) is 0.651. The highest BCUT2D eigenvalue weighted by Crippen LogP contribution is 2.54. The van der Waals surface area contributed by atoms with Gasteiger partial charge in [0, 0.05) is 49.8 Å². The number of nitrogens with two attached hydrogens (primary N) is 1. The third kappa shape index (κ3) is 9.79. The number of benzene rings is 1. The summed E-state index contributed by atoms with van der Waals surface area (Å²) in [4.78, 5) is 70.6. The van der Waals surface area contributed by atoms with Crippen LogP contribution >= 0.6 is 0 Å². The van der Waals surface area contributed by atoms with Gasteiger partial charge in [-0.1, -0.05) is 79.1 Å². The van der Waals surface area contributed by atoms with Crippen molar-refractivity contribution in [2.24, 2.45) is 23.0 Å². The number of esters is 1. The van der Waals surface area contributed by atoms with Crippen molar-refractivity contribution >= 4 is 41.0 Å². The number of fused-ring (bicyclic) bond motifs is 3. The van der Waals surface area contributed by atoms with E-state index in [0.29, 0.717) is 17.7 Å². The molecule has 15 nitrogen and oxygen atoms in total. The van der Waals surface area contributed by atoms with E-state index in [4.69, 9.17) is 15.2 Å². The number of Topliss-reactive ketones (excluding diaryl/α,β-unsaturated/α-hetero) is 2. The van der Waals surface area contributed by atoms with E-state index in [-0.39, 0.29) is 49.1 Å². The van der Waals surface area contributed by atoms with E-state index >= 15 is 0 Å². The van der Waals surface area contributed by atoms with Crippen LogP contribution in [0.3, 0.4) is 0 Å². The van der Waals surface area contributed by atoms with Crippen molar-refractivity contribution in [3.05, 3.63) is 39.7 Å². The predicted octanol–water partition coefficient (Wildman–Crippen LogP) is 5.44. The molecule has 2 amide bonds. The lowest BCUT2D eigenvalue weighted by Gasteiger charge is -2.50. The lowest BCUT2D eigenvalue weighted by atomic mass is 9.57. The molecule has 0 aromatic heterocycles. The average molecular weight is 813 g/mol. The molecule has 0 radical (unpaired) electrons. The molecule has 0 heterocycles. The van der Waals surface area contributed by atoms with Gasteiger partial charge < -0.3 is 45.4 Å². The Balaban J connectivity index is 1.59. The number of nitrogens with zero attached hydrogens (tertiary/aromatic N) is 3. The molecule has 4 rings (SSSR count). The van der Waals surface area contributed by atoms with Gasteiger partial charge in [-0.2, -0.15) is 0 Å². The van der Waals surface area contributed by atoms with Crippen LogP contribution in [0.25, 0.3) is 5.76 Å². The third-order valence-corrected chi connectivity index (χ3v) is 11.4. The van der Waals surface area contributed by atoms with E-state index in [1.54, 1.807) is 39.2 Å². The standard InChI is InChI=1S/C43H64N4O11/c1-9-10-11-12-13-14-15-16-17-18-30(48)57-24-58-41(55)47(23-42(2,3)4)22-26-21-29(45(5)6)27-19-25-20-28-34(46(7)8)37(51)33(40(44)54)39(53)43(28,56)38(52)31(25)36(50)32(27)35(26)49/h21,25,28,34,49-50,53,56H,9-20,22-24H2,1-8H3,(H2,44,54)/t25-,28-,34-,43-/m0/s1. The average Bonchev–Trinajstić information content (AvgIpc) is 3.12. The van der Waals surface area contributed by atoms with Crippen LogP contribution in [0.4, 0.5) is 10.5 Å². The number of amides is 2. The first-order valence-corrected chi connectivity index (χ1v) is 20.4. The van der Waals surface area contributed by atoms with Crippen LogP contribution in [-0.4, -0.2) is 113 Å². The van der Waals surface area contributed by atoms with E-state index in [2.05, 4.69) is 6.92 Å². The molecule has 58 heavy (non-hydrogen) atoms. The summed E-state index contributed by atoms with van der Waals surface area (Å²) in [5.41, 5.74) is 2.23. The minimum absolute atomic E-state index is 0.0455. The molecule has 6 N–H and O–H groups in total. The number of primary amides is 1. The minimum atomic E-state index is -2.77. The van der Waals surface area contributed by atoms with Crippen LogP contribution in [0.5, 0.6) is 5.75 Å². The lowest BCUT2D eigenvalue weighted by Crippen LogP contribution is -2.65. The summed E-state index contributed by atoms with van der Waals surface area (Å²) < 4.78 is 10.6. The van der Waals surface area contributed by atoms with Crippen LogP contribution in [0.15, 0.2) is 23.0 Å². The van der Waals surface area contributed by atoms with Crippen molar-refractivity contribution in [3.8, 4) is 5.75 Å². The summed E-state index contributed by atoms with van der Waals surface area (Å²) in [6.45, 7) is 7.29. The Morgan fingerprint density at radius 3 is 2.09 bits per heavy atom. The maximum atomic E-state index is 14.4. The Hall–Kier alpha value is -4.63. The van der Waals surface area contributed by atoms with Gasteiger partial charge >= 0.3 is 12.1 Å². The van der Waals surface area contributed by atoms with E-state index < -0.39 is 88.1 Å². The van der Waals surface area contributed by atoms with Crippen molar-refractivity contribution < 1.29 is 53.9 Å². The molecule has 1 aromatic rings. The molecule has 4 atom stereocenters. The maximum Gasteiger partial charge on any atom is 0.412 e. The zero-order valence-electron chi connectivity index (χ0n) is 35.5. The van der Waals surface area contributed by atoms with Gasteiger partial charge in [0.25, 0.3) is 5.91 Å². The number of likely N-dealkylation sites (N-methyl/N-ethyl adjacent to an activating group) is 1. The van der Waals surface area contributed by atoms with Crippen molar-refractivity contribution in [1.82, 2.24) is 9.80 Å². The number of hydrogen-bond donors (Lipinski definition) is 5. The van der Waals surface area contributed by atoms with E-state index in [1.807, 2.05) is 20.8 Å². The van der Waals surface area contributed by atoms with Gasteiger partial charge in [-0.25, -0.2) is 4.79 Å². The highest BCUT2D eigenvalue weighted by Gasteiger charge is 2.64. The van der Waals surface area contributed by atoms with Crippen LogP contribution in [-0.2, 0) is 41.6 Å². The molecule has 1 fully saturated rings. The van der Waals surface area contributed by atoms with Crippen molar-refractivity contribution in [2.45, 2.75) is 123 Å². The molecular weight excluding hydrogens is 748 g/mol. The first-order chi connectivity index (χ1) is 27.2. The summed E-state index contributed by atoms with van der Waals surface area (Å²) in [6.07, 6.45) is 9.41. The van der Waals surface area contributed by atoms with E-state index in [0.717, 1.165) is 19.3 Å². The summed E-state index contributed by atoms with van der Waals surface area (Å²) in [7, 11) is 6.61. The molecule has 322 valence electrons. The summed E-state index contributed by atoms with van der Waals surface area (Å²) in [5, 5.41) is 47.0. The molecule has 0 spiro atoms. The number of rotatable bonds is 18. The molecule has 0 unspecified atom stereocenters. The number of ketones is 2. The maximum absolute atomic E-state index is 14.4. The van der Waals surface area contributed by atoms with Gasteiger partial charge in [0.05, 0.1) is 18.2 Å². The minimum Gasteiger partial charge on any atom is -0.508 e. The zero-order valence-corrected chi connectivity index (χ0v) is 35.5. The van der Waals surface area contributed by atoms with Gasteiger partial charge in [0.1, 0.15) is 22.8 Å². The number of phenols is 1. The number of anilines is 1. The smallest absolute Gasteiger partial charge is 0.412 e. The number of phenolic OH excluding ortho intramolecular Hbond substituents is 1. The van der Waals surface area contributed by atoms with Crippen LogP contribution in [0, 0.1) is 17.3 Å². The van der Waals surface area contributed by atoms with Gasteiger partial charge in [0.2, 0.25) is 12.6 Å². The van der Waals surface area contributed by atoms with Crippen LogP contribution in [0.2, 0.25) is 0 Å². The second kappa shape index (κ2) is 19.0. The molecule has 3 aliphatic carbocycles. The topological polar surface area (TPSA) is 220 Å². The molecule has 15 heteroatoms. The first-order valence-electron chi connectivity index (χ1n) is 20.4. The first kappa shape index (κ1) is 46.1. The normalized spacial score (nSPS) is 21.7. The number of ether oxygens (including phenoxy) is 2. The monoisotopic (exact) mass is 812 g/mol. The summed E-state index contributed by atoms with van der Waals surface area (Å²) in [5.74, 6) is -7.90. The lowest BCUT2D eigenvalue weighted by molar-refractivity contribution is -0.154. The van der Waals surface area contributed by atoms with Crippen LogP contribution in [0.1, 0.15) is 115 Å². The number of aliphatic hydroxyl groups excluding tert-OH is 2. The van der Waals surface area contributed by atoms with Crippen molar-refractivity contribution in [3.63, 3.8) is 0 Å². The fourth-order valence-corrected chi connectivity index (χ4v) is 8.72. The number of hydrogen-bond acceptors (Lipinski definition) is 13. The molecule has 0 bridgehead atoms. The Labute approximate surface area is 341 Å². The van der Waals surface area contributed by atoms with Gasteiger partial charge in [-0.05, 0) is 56.3 Å². The number of carbonyl (C=O) groups excluding carboxylic acids is 5. The highest BCUT2D eigenvalue weighted by molar-refractivity contribution is 6.24. The molecule has 1 aromatic carbocycles. The van der Waals surface area contributed by atoms with Crippen molar-refractivity contribution in [1.29, 1.82) is 0 Å². The largest absolute Gasteiger partial charge is 0.508 e. The predicted molar refractivity (Wildman–Crippen MR) is 218 cm³/mol. The van der Waals surface area contributed by atoms with Crippen molar-refractivity contribution in [2.75, 3.05) is 46.4 Å². The Kier molecular flexibility index (Phi) is 15.1. The quantitative estimate of drug-likeness (QED) is 0.0541. The number of aromatic hydroxyl groups is 1. The third-order valence-electron chi connectivity index (χ3n) is 11.4. The van der Waals surface area contributed by atoms with E-state index in [1.165, 1.54) is 41.9 Å². The summed E-state index contributed by atoms with van der Waals surface area (Å²) >= 11 is 0. The molecular formula is C43H64N4O11. The summed E-state index contributed by atoms with van der Waals surface area (Å²) in [6, 6.07) is 0.487. The molecule has 1 saturated carbocycles. The number of carbonyl (C=O) groups is 5. The SMILES string of the molecule is CCCCCCCCCCCC(=O)OCOC(=O)N(Cc1cc(N(C)C)c2c(c1O)C(O)=C1C(=O)[C@]3(O)C(O)=C(C(N)=O)C(=O)[C@@H](N(C)C)[C@@H]3C[C@@H]1C2)CC(C)(C)C. The zero-order chi connectivity index (χ0) is 43.3. The number of aliphatic hydroxyl groups is 3. The fourth-order valence-electron chi connectivity index (χ4n) is 8.72. The number of unbranched alkanes of at least 4 members (excludes halogenated alkanes) is 8. The second-order valence-corrected chi connectivity index (χ2v) is 17.7. The van der Waals surface area contributed by atoms with Gasteiger partial charge in [0.15, 0.2) is 11.4 Å². The Bertz CT molecular complexity index is 1810. The van der Waals surface area contributed by atoms with Gasteiger partial charge in [-0.15, -0.1) is 0 Å². The highest BCUT2D eigenvalue weighted by atomic mass is 16.7. The molecule has 3 aliphatic rings. The van der Waals surface area contributed by atoms with Crippen LogP contribution < -0.4 is 10.6 Å². The van der Waals surface area contributed by atoms with Gasteiger partial charge in [-0.3, -0.25) is 24.1 Å². The Morgan fingerprint density at radius 2 is 1.53 bits per heavy atom. The molecule has 0 aliphatic heterocycles. The molecule has 0 saturated heterocycles.